The van der Waals surface area contributed by atoms with E-state index in [4.69, 9.17) is 4.74 Å². The van der Waals surface area contributed by atoms with Crippen LogP contribution in [0.5, 0.6) is 5.75 Å². The number of rotatable bonds is 8. The molecule has 0 fully saturated rings. The van der Waals surface area contributed by atoms with Gasteiger partial charge in [-0.25, -0.2) is 8.42 Å². The maximum atomic E-state index is 12.9. The van der Waals surface area contributed by atoms with Crippen LogP contribution >= 0.6 is 11.8 Å². The molecule has 0 radical (unpaired) electrons. The third-order valence-corrected chi connectivity index (χ3v) is 6.29. The number of sulfonamides is 1. The van der Waals surface area contributed by atoms with Crippen LogP contribution in [0, 0.1) is 6.92 Å². The number of hydrogen-bond donors (Lipinski definition) is 1. The van der Waals surface area contributed by atoms with Crippen LogP contribution in [-0.2, 0) is 14.8 Å². The molecule has 0 bridgehead atoms. The van der Waals surface area contributed by atoms with E-state index in [0.717, 1.165) is 26.8 Å². The van der Waals surface area contributed by atoms with Crippen molar-refractivity contribution in [1.29, 1.82) is 0 Å². The highest BCUT2D eigenvalue weighted by Crippen LogP contribution is 2.33. The lowest BCUT2D eigenvalue weighted by molar-refractivity contribution is -0.116. The highest BCUT2D eigenvalue weighted by molar-refractivity contribution is 7.99. The third kappa shape index (κ3) is 5.20. The van der Waals surface area contributed by atoms with Gasteiger partial charge in [0, 0.05) is 4.90 Å². The topological polar surface area (TPSA) is 75.7 Å². The number of methoxy groups -OCH3 is 1. The van der Waals surface area contributed by atoms with Crippen molar-refractivity contribution in [2.24, 2.45) is 0 Å². The molecule has 0 saturated heterocycles. The minimum Gasteiger partial charge on any atom is -0.495 e. The molecule has 1 atom stereocenters. The molecule has 1 unspecified atom stereocenters. The summed E-state index contributed by atoms with van der Waals surface area (Å²) in [5.41, 5.74) is 1.86. The molecule has 1 N–H and O–H groups in total. The van der Waals surface area contributed by atoms with Crippen LogP contribution in [0.25, 0.3) is 0 Å². The second-order valence-corrected chi connectivity index (χ2v) is 9.49. The van der Waals surface area contributed by atoms with E-state index in [1.807, 2.05) is 38.1 Å². The van der Waals surface area contributed by atoms with E-state index in [1.165, 1.54) is 7.11 Å². The Bertz CT molecular complexity index is 945. The number of carbonyl (C=O) groups is 1. The lowest BCUT2D eigenvalue weighted by Crippen LogP contribution is -2.45. The Labute approximate surface area is 171 Å². The zero-order valence-corrected chi connectivity index (χ0v) is 18.4. The molecule has 2 aromatic carbocycles. The number of amides is 1. The predicted molar refractivity (Wildman–Crippen MR) is 116 cm³/mol. The van der Waals surface area contributed by atoms with Crippen molar-refractivity contribution in [2.75, 3.05) is 28.7 Å². The van der Waals surface area contributed by atoms with Crippen LogP contribution < -0.4 is 14.4 Å². The fourth-order valence-electron chi connectivity index (χ4n) is 2.84. The number of carbonyl (C=O) groups excluding carboxylic acids is 1. The van der Waals surface area contributed by atoms with Gasteiger partial charge in [0.05, 0.1) is 24.7 Å². The van der Waals surface area contributed by atoms with Gasteiger partial charge in [-0.15, -0.1) is 11.8 Å². The number of anilines is 2. The van der Waals surface area contributed by atoms with Crippen molar-refractivity contribution in [2.45, 2.75) is 31.7 Å². The Balaban J connectivity index is 2.41. The maximum absolute atomic E-state index is 12.9. The molecule has 0 heterocycles. The van der Waals surface area contributed by atoms with Gasteiger partial charge in [0.2, 0.25) is 15.9 Å². The van der Waals surface area contributed by atoms with Crippen molar-refractivity contribution >= 4 is 39.1 Å². The van der Waals surface area contributed by atoms with Crippen LogP contribution in [-0.4, -0.2) is 39.5 Å². The van der Waals surface area contributed by atoms with Crippen LogP contribution in [0.15, 0.2) is 47.4 Å². The molecule has 6 nitrogen and oxygen atoms in total. The van der Waals surface area contributed by atoms with E-state index in [2.05, 4.69) is 5.32 Å². The fourth-order valence-corrected chi connectivity index (χ4v) is 4.77. The number of hydrogen-bond acceptors (Lipinski definition) is 5. The molecule has 0 aliphatic rings. The van der Waals surface area contributed by atoms with E-state index in [9.17, 15) is 13.2 Å². The van der Waals surface area contributed by atoms with Crippen LogP contribution in [0.1, 0.15) is 19.4 Å². The summed E-state index contributed by atoms with van der Waals surface area (Å²) in [4.78, 5) is 13.9. The molecule has 0 spiro atoms. The summed E-state index contributed by atoms with van der Waals surface area (Å²) in [6.07, 6.45) is 1.08. The fraction of sp³-hybridized carbons (Fsp3) is 0.350. The first-order chi connectivity index (χ1) is 13.2. The number of aryl methyl sites for hydroxylation is 1. The van der Waals surface area contributed by atoms with Crippen LogP contribution in [0.3, 0.4) is 0 Å². The maximum Gasteiger partial charge on any atom is 0.248 e. The minimum atomic E-state index is -3.74. The first-order valence-corrected chi connectivity index (χ1v) is 11.7. The monoisotopic (exact) mass is 422 g/mol. The zero-order valence-electron chi connectivity index (χ0n) is 16.7. The average molecular weight is 423 g/mol. The second-order valence-electron chi connectivity index (χ2n) is 6.33. The van der Waals surface area contributed by atoms with E-state index < -0.39 is 22.0 Å². The smallest absolute Gasteiger partial charge is 0.248 e. The van der Waals surface area contributed by atoms with Crippen molar-refractivity contribution in [3.05, 3.63) is 48.0 Å². The molecule has 2 rings (SSSR count). The SMILES string of the molecule is CCSc1ccccc1NC(=O)C(C)N(c1cc(C)ccc1OC)S(C)(=O)=O. The van der Waals surface area contributed by atoms with Gasteiger partial charge in [-0.2, -0.15) is 0 Å². The van der Waals surface area contributed by atoms with E-state index in [-0.39, 0.29) is 0 Å². The lowest BCUT2D eigenvalue weighted by atomic mass is 10.2. The Morgan fingerprint density at radius 2 is 1.93 bits per heavy atom. The zero-order chi connectivity index (χ0) is 20.9. The quantitative estimate of drug-likeness (QED) is 0.653. The second kappa shape index (κ2) is 9.34. The van der Waals surface area contributed by atoms with Gasteiger partial charge >= 0.3 is 0 Å². The Morgan fingerprint density at radius 1 is 1.25 bits per heavy atom. The Hall–Kier alpha value is -2.19. The number of thioether (sulfide) groups is 1. The summed E-state index contributed by atoms with van der Waals surface area (Å²) >= 11 is 1.61. The van der Waals surface area contributed by atoms with Gasteiger partial charge in [0.1, 0.15) is 11.8 Å². The highest BCUT2D eigenvalue weighted by atomic mass is 32.2. The summed E-state index contributed by atoms with van der Waals surface area (Å²) < 4.78 is 31.6. The molecular formula is C20H26N2O4S2. The van der Waals surface area contributed by atoms with Gasteiger partial charge in [-0.1, -0.05) is 25.1 Å². The number of ether oxygens (including phenoxy) is 1. The molecular weight excluding hydrogens is 396 g/mol. The molecule has 28 heavy (non-hydrogen) atoms. The Kier molecular flexibility index (Phi) is 7.37. The first-order valence-electron chi connectivity index (χ1n) is 8.85. The highest BCUT2D eigenvalue weighted by Gasteiger charge is 2.31. The molecule has 8 heteroatoms. The normalized spacial score (nSPS) is 12.3. The average Bonchev–Trinajstić information content (AvgIpc) is 2.62. The largest absolute Gasteiger partial charge is 0.495 e. The standard InChI is InChI=1S/C20H26N2O4S2/c1-6-27-19-10-8-7-9-16(19)21-20(23)15(3)22(28(5,24)25)17-13-14(2)11-12-18(17)26-4/h7-13,15H,6H2,1-5H3,(H,21,23). The van der Waals surface area contributed by atoms with E-state index in [0.29, 0.717) is 17.1 Å². The Morgan fingerprint density at radius 3 is 2.54 bits per heavy atom. The molecule has 0 aromatic heterocycles. The van der Waals surface area contributed by atoms with Gasteiger partial charge in [0.15, 0.2) is 0 Å². The van der Waals surface area contributed by atoms with Crippen molar-refractivity contribution in [1.82, 2.24) is 0 Å². The summed E-state index contributed by atoms with van der Waals surface area (Å²) in [6.45, 7) is 5.45. The minimum absolute atomic E-state index is 0.337. The summed E-state index contributed by atoms with van der Waals surface area (Å²) in [5, 5.41) is 2.86. The van der Waals surface area contributed by atoms with Gasteiger partial charge in [-0.3, -0.25) is 9.10 Å². The van der Waals surface area contributed by atoms with Gasteiger partial charge in [0.25, 0.3) is 0 Å². The van der Waals surface area contributed by atoms with E-state index in [1.54, 1.807) is 36.9 Å². The summed E-state index contributed by atoms with van der Waals surface area (Å²) in [6, 6.07) is 11.7. The number of nitrogens with one attached hydrogen (secondary N) is 1. The molecule has 0 saturated carbocycles. The summed E-state index contributed by atoms with van der Waals surface area (Å²) in [5.74, 6) is 0.828. The lowest BCUT2D eigenvalue weighted by Gasteiger charge is -2.29. The van der Waals surface area contributed by atoms with Crippen LogP contribution in [0.4, 0.5) is 11.4 Å². The molecule has 0 aliphatic carbocycles. The summed E-state index contributed by atoms with van der Waals surface area (Å²) in [7, 11) is -2.27. The van der Waals surface area contributed by atoms with Crippen molar-refractivity contribution in [3.63, 3.8) is 0 Å². The molecule has 0 aliphatic heterocycles. The van der Waals surface area contributed by atoms with Gasteiger partial charge in [-0.05, 0) is 49.4 Å². The number of nitrogens with zero attached hydrogens (tertiary/aromatic N) is 1. The first kappa shape index (κ1) is 22.1. The van der Waals surface area contributed by atoms with Crippen molar-refractivity contribution in [3.8, 4) is 5.75 Å². The number of benzene rings is 2. The van der Waals surface area contributed by atoms with Crippen molar-refractivity contribution < 1.29 is 17.9 Å². The number of para-hydroxylation sites is 1. The molecule has 2 aromatic rings. The molecule has 1 amide bonds. The van der Waals surface area contributed by atoms with Gasteiger partial charge < -0.3 is 10.1 Å². The van der Waals surface area contributed by atoms with E-state index >= 15 is 0 Å². The third-order valence-electron chi connectivity index (χ3n) is 4.11. The molecule has 152 valence electrons. The predicted octanol–water partition coefficient (Wildman–Crippen LogP) is 3.91. The van der Waals surface area contributed by atoms with Crippen LogP contribution in [0.2, 0.25) is 0 Å².